The van der Waals surface area contributed by atoms with Crippen molar-refractivity contribution in [2.45, 2.75) is 25.7 Å². The van der Waals surface area contributed by atoms with Crippen LogP contribution in [0, 0.1) is 0 Å². The van der Waals surface area contributed by atoms with Crippen molar-refractivity contribution in [3.63, 3.8) is 0 Å². The number of ether oxygens (including phenoxy) is 3. The number of halogens is 1. The van der Waals surface area contributed by atoms with Gasteiger partial charge in [0.1, 0.15) is 5.75 Å². The molecule has 0 unspecified atom stereocenters. The highest BCUT2D eigenvalue weighted by Gasteiger charge is 2.29. The molecular formula is C29H37ClN2O4. The molecule has 0 radical (unpaired) electrons. The molecule has 0 spiro atoms. The second kappa shape index (κ2) is 13.4. The number of methoxy groups -OCH3 is 2. The minimum absolute atomic E-state index is 0. The fourth-order valence-electron chi connectivity index (χ4n) is 4.71. The van der Waals surface area contributed by atoms with Gasteiger partial charge in [0.15, 0.2) is 11.5 Å². The van der Waals surface area contributed by atoms with Crippen LogP contribution in [-0.4, -0.2) is 69.8 Å². The van der Waals surface area contributed by atoms with E-state index in [0.29, 0.717) is 17.1 Å². The zero-order chi connectivity index (χ0) is 24.6. The van der Waals surface area contributed by atoms with Crippen molar-refractivity contribution in [1.82, 2.24) is 9.80 Å². The van der Waals surface area contributed by atoms with Crippen molar-refractivity contribution >= 4 is 29.1 Å². The van der Waals surface area contributed by atoms with E-state index in [1.807, 2.05) is 23.1 Å². The normalized spacial score (nSPS) is 12.9. The van der Waals surface area contributed by atoms with E-state index < -0.39 is 0 Å². The topological polar surface area (TPSA) is 51.2 Å². The molecule has 0 N–H and O–H groups in total. The number of fused-ring (bicyclic) bond motifs is 2. The maximum atomic E-state index is 13.1. The fraction of sp³-hybridized carbons (Fsp3) is 0.414. The van der Waals surface area contributed by atoms with Gasteiger partial charge in [-0.05, 0) is 80.4 Å². The van der Waals surface area contributed by atoms with Gasteiger partial charge in [-0.1, -0.05) is 36.4 Å². The molecule has 3 aromatic carbocycles. The van der Waals surface area contributed by atoms with Crippen LogP contribution in [0.2, 0.25) is 0 Å². The molecule has 0 saturated carbocycles. The van der Waals surface area contributed by atoms with Gasteiger partial charge in [-0.2, -0.15) is 0 Å². The average Bonchev–Trinajstić information content (AvgIpc) is 2.89. The zero-order valence-electron chi connectivity index (χ0n) is 21.5. The molecule has 1 amide bonds. The fourth-order valence-corrected chi connectivity index (χ4v) is 4.71. The van der Waals surface area contributed by atoms with Crippen molar-refractivity contribution in [1.29, 1.82) is 0 Å². The number of hydrogen-bond donors (Lipinski definition) is 0. The van der Waals surface area contributed by atoms with Crippen molar-refractivity contribution < 1.29 is 19.0 Å². The number of rotatable bonds is 12. The molecule has 36 heavy (non-hydrogen) atoms. The molecule has 1 aliphatic rings. The molecule has 0 fully saturated rings. The summed E-state index contributed by atoms with van der Waals surface area (Å²) >= 11 is 0. The zero-order valence-corrected chi connectivity index (χ0v) is 22.3. The molecular weight excluding hydrogens is 476 g/mol. The Hall–Kier alpha value is -2.96. The summed E-state index contributed by atoms with van der Waals surface area (Å²) in [5.41, 5.74) is 1.68. The number of benzene rings is 3. The van der Waals surface area contributed by atoms with Gasteiger partial charge in [0.2, 0.25) is 0 Å². The first-order valence-electron chi connectivity index (χ1n) is 12.4. The summed E-state index contributed by atoms with van der Waals surface area (Å²) in [7, 11) is 5.33. The third kappa shape index (κ3) is 6.62. The molecule has 0 saturated heterocycles. The van der Waals surface area contributed by atoms with Crippen LogP contribution in [0.4, 0.5) is 0 Å². The lowest BCUT2D eigenvalue weighted by Gasteiger charge is -2.30. The van der Waals surface area contributed by atoms with Crippen molar-refractivity contribution in [2.24, 2.45) is 0 Å². The Morgan fingerprint density at radius 1 is 0.917 bits per heavy atom. The first kappa shape index (κ1) is 27.6. The lowest BCUT2D eigenvalue weighted by atomic mass is 9.97. The Labute approximate surface area is 220 Å². The van der Waals surface area contributed by atoms with Crippen molar-refractivity contribution in [2.75, 3.05) is 54.1 Å². The van der Waals surface area contributed by atoms with E-state index in [0.717, 1.165) is 69.8 Å². The Balaban J connectivity index is 0.00000361. The lowest BCUT2D eigenvalue weighted by molar-refractivity contribution is 0.0728. The Morgan fingerprint density at radius 2 is 1.69 bits per heavy atom. The van der Waals surface area contributed by atoms with E-state index in [-0.39, 0.29) is 18.3 Å². The molecule has 1 aliphatic heterocycles. The van der Waals surface area contributed by atoms with E-state index in [2.05, 4.69) is 48.3 Å². The van der Waals surface area contributed by atoms with E-state index in [1.54, 1.807) is 14.2 Å². The maximum absolute atomic E-state index is 13.1. The summed E-state index contributed by atoms with van der Waals surface area (Å²) in [4.78, 5) is 17.4. The molecule has 1 heterocycles. The van der Waals surface area contributed by atoms with Gasteiger partial charge in [0, 0.05) is 13.1 Å². The van der Waals surface area contributed by atoms with Gasteiger partial charge in [-0.3, -0.25) is 4.79 Å². The highest BCUT2D eigenvalue weighted by atomic mass is 35.5. The Morgan fingerprint density at radius 3 is 2.47 bits per heavy atom. The van der Waals surface area contributed by atoms with E-state index >= 15 is 0 Å². The summed E-state index contributed by atoms with van der Waals surface area (Å²) in [6.45, 7) is 4.19. The van der Waals surface area contributed by atoms with Crippen LogP contribution < -0.4 is 14.2 Å². The summed E-state index contributed by atoms with van der Waals surface area (Å²) in [6, 6.07) is 18.4. The molecule has 3 aromatic rings. The minimum Gasteiger partial charge on any atom is -0.494 e. The molecule has 7 heteroatoms. The van der Waals surface area contributed by atoms with E-state index in [4.69, 9.17) is 14.2 Å². The van der Waals surface area contributed by atoms with Gasteiger partial charge in [0.05, 0.1) is 26.4 Å². The molecule has 0 aromatic heterocycles. The lowest BCUT2D eigenvalue weighted by Crippen LogP contribution is -2.39. The standard InChI is InChI=1S/C29H36N2O4.ClH/c1-30(16-6-7-20-35-25-13-11-22-9-4-5-10-24(22)21-25)17-8-18-31-19-15-23-12-14-26(33-2)28(34-3)27(23)29(31)32;/h4-5,9-14,21H,6-8,15-20H2,1-3H3;1H. The van der Waals surface area contributed by atoms with Crippen LogP contribution >= 0.6 is 12.4 Å². The van der Waals surface area contributed by atoms with Crippen LogP contribution in [0.5, 0.6) is 17.2 Å². The quantitative estimate of drug-likeness (QED) is 0.302. The minimum atomic E-state index is 0. The number of carbonyl (C=O) groups is 1. The van der Waals surface area contributed by atoms with E-state index in [9.17, 15) is 4.79 Å². The van der Waals surface area contributed by atoms with Crippen molar-refractivity contribution in [3.8, 4) is 17.2 Å². The molecule has 0 aliphatic carbocycles. The molecule has 6 nitrogen and oxygen atoms in total. The Kier molecular flexibility index (Phi) is 10.3. The molecule has 4 rings (SSSR count). The van der Waals surface area contributed by atoms with Gasteiger partial charge in [-0.25, -0.2) is 0 Å². The molecule has 0 bridgehead atoms. The van der Waals surface area contributed by atoms with E-state index in [1.165, 1.54) is 10.8 Å². The second-order valence-corrected chi connectivity index (χ2v) is 9.10. The summed E-state index contributed by atoms with van der Waals surface area (Å²) in [5, 5.41) is 2.44. The number of nitrogens with zero attached hydrogens (tertiary/aromatic N) is 2. The number of unbranched alkanes of at least 4 members (excludes halogenated alkanes) is 1. The molecule has 194 valence electrons. The van der Waals surface area contributed by atoms with Crippen LogP contribution in [0.1, 0.15) is 35.2 Å². The Bertz CT molecular complexity index is 1150. The monoisotopic (exact) mass is 512 g/mol. The predicted molar refractivity (Wildman–Crippen MR) is 147 cm³/mol. The van der Waals surface area contributed by atoms with Gasteiger partial charge >= 0.3 is 0 Å². The highest BCUT2D eigenvalue weighted by Crippen LogP contribution is 2.36. The maximum Gasteiger partial charge on any atom is 0.258 e. The van der Waals surface area contributed by atoms with Gasteiger partial charge in [-0.15, -0.1) is 12.4 Å². The summed E-state index contributed by atoms with van der Waals surface area (Å²) < 4.78 is 16.9. The van der Waals surface area contributed by atoms with Gasteiger partial charge in [0.25, 0.3) is 5.91 Å². The number of amides is 1. The average molecular weight is 513 g/mol. The second-order valence-electron chi connectivity index (χ2n) is 9.10. The number of carbonyl (C=O) groups excluding carboxylic acids is 1. The van der Waals surface area contributed by atoms with Crippen molar-refractivity contribution in [3.05, 3.63) is 65.7 Å². The smallest absolute Gasteiger partial charge is 0.258 e. The van der Waals surface area contributed by atoms with Crippen LogP contribution in [0.3, 0.4) is 0 Å². The third-order valence-electron chi connectivity index (χ3n) is 6.68. The van der Waals surface area contributed by atoms with Gasteiger partial charge < -0.3 is 24.0 Å². The first-order chi connectivity index (χ1) is 17.1. The highest BCUT2D eigenvalue weighted by molar-refractivity contribution is 6.00. The predicted octanol–water partition coefficient (Wildman–Crippen LogP) is 5.46. The van der Waals surface area contributed by atoms with Crippen LogP contribution in [0.25, 0.3) is 10.8 Å². The largest absolute Gasteiger partial charge is 0.494 e. The summed E-state index contributed by atoms with van der Waals surface area (Å²) in [5.74, 6) is 2.11. The first-order valence-corrected chi connectivity index (χ1v) is 12.4. The molecule has 0 atom stereocenters. The van der Waals surface area contributed by atoms with Crippen LogP contribution in [0.15, 0.2) is 54.6 Å². The summed E-state index contributed by atoms with van der Waals surface area (Å²) in [6.07, 6.45) is 3.88. The SMILES string of the molecule is COc1ccc2c(c1OC)C(=O)N(CCCN(C)CCCCOc1ccc3ccccc3c1)CC2.Cl. The number of hydrogen-bond acceptors (Lipinski definition) is 5. The third-order valence-corrected chi connectivity index (χ3v) is 6.68. The van der Waals surface area contributed by atoms with Crippen LogP contribution in [-0.2, 0) is 6.42 Å².